The highest BCUT2D eigenvalue weighted by atomic mass is 79.9. The van der Waals surface area contributed by atoms with Gasteiger partial charge < -0.3 is 4.74 Å². The van der Waals surface area contributed by atoms with Gasteiger partial charge in [0.05, 0.1) is 7.11 Å². The number of alkyl halides is 1. The summed E-state index contributed by atoms with van der Waals surface area (Å²) >= 11 is 3.44. The molecule has 66 valence electrons. The molecule has 0 bridgehead atoms. The van der Waals surface area contributed by atoms with Crippen LogP contribution in [0.1, 0.15) is 16.7 Å². The van der Waals surface area contributed by atoms with Crippen molar-refractivity contribution in [1.82, 2.24) is 0 Å². The third-order valence-corrected chi connectivity index (χ3v) is 2.67. The molecular weight excluding hydrogens is 216 g/mol. The van der Waals surface area contributed by atoms with Crippen molar-refractivity contribution in [2.75, 3.05) is 7.11 Å². The van der Waals surface area contributed by atoms with Crippen molar-refractivity contribution in [2.45, 2.75) is 19.2 Å². The van der Waals surface area contributed by atoms with Gasteiger partial charge in [-0.05, 0) is 30.5 Å². The first-order valence-corrected chi connectivity index (χ1v) is 5.02. The Bertz CT molecular complexity index is 281. The zero-order valence-corrected chi connectivity index (χ0v) is 9.23. The van der Waals surface area contributed by atoms with Gasteiger partial charge in [-0.15, -0.1) is 0 Å². The minimum atomic E-state index is 0.884. The predicted octanol–water partition coefficient (Wildman–Crippen LogP) is 3.21. The highest BCUT2D eigenvalue weighted by Gasteiger charge is 2.05. The first kappa shape index (κ1) is 9.59. The molecule has 0 aliphatic carbocycles. The van der Waals surface area contributed by atoms with Gasteiger partial charge in [-0.2, -0.15) is 0 Å². The Kier molecular flexibility index (Phi) is 3.15. The first-order valence-electron chi connectivity index (χ1n) is 3.89. The number of benzene rings is 1. The largest absolute Gasteiger partial charge is 0.496 e. The van der Waals surface area contributed by atoms with Gasteiger partial charge in [-0.25, -0.2) is 0 Å². The van der Waals surface area contributed by atoms with Crippen LogP contribution < -0.4 is 4.74 Å². The van der Waals surface area contributed by atoms with E-state index in [1.54, 1.807) is 7.11 Å². The zero-order chi connectivity index (χ0) is 9.14. The zero-order valence-electron chi connectivity index (χ0n) is 7.65. The maximum Gasteiger partial charge on any atom is 0.124 e. The van der Waals surface area contributed by atoms with Crippen LogP contribution in [0.3, 0.4) is 0 Å². The van der Waals surface area contributed by atoms with Gasteiger partial charge in [-0.3, -0.25) is 0 Å². The number of rotatable bonds is 2. The lowest BCUT2D eigenvalue weighted by atomic mass is 10.1. The van der Waals surface area contributed by atoms with Crippen LogP contribution in [0.15, 0.2) is 12.1 Å². The SMILES string of the molecule is COc1c(C)ccc(CBr)c1C. The molecule has 0 atom stereocenters. The summed E-state index contributed by atoms with van der Waals surface area (Å²) in [5.41, 5.74) is 3.71. The van der Waals surface area contributed by atoms with Gasteiger partial charge >= 0.3 is 0 Å². The lowest BCUT2D eigenvalue weighted by molar-refractivity contribution is 0.408. The second-order valence-electron chi connectivity index (χ2n) is 2.83. The summed E-state index contributed by atoms with van der Waals surface area (Å²) in [6.45, 7) is 4.15. The number of aryl methyl sites for hydroxylation is 1. The Morgan fingerprint density at radius 2 is 2.00 bits per heavy atom. The Balaban J connectivity index is 3.24. The van der Waals surface area contributed by atoms with Crippen molar-refractivity contribution in [1.29, 1.82) is 0 Å². The second-order valence-corrected chi connectivity index (χ2v) is 3.39. The molecule has 1 rings (SSSR count). The van der Waals surface area contributed by atoms with Crippen LogP contribution in [-0.2, 0) is 5.33 Å². The Hall–Kier alpha value is -0.500. The van der Waals surface area contributed by atoms with E-state index in [-0.39, 0.29) is 0 Å². The van der Waals surface area contributed by atoms with Gasteiger partial charge in [0.2, 0.25) is 0 Å². The third kappa shape index (κ3) is 1.63. The fraction of sp³-hybridized carbons (Fsp3) is 0.400. The topological polar surface area (TPSA) is 9.23 Å². The van der Waals surface area contributed by atoms with Gasteiger partial charge in [0.1, 0.15) is 5.75 Å². The number of methoxy groups -OCH3 is 1. The van der Waals surface area contributed by atoms with Crippen LogP contribution in [0, 0.1) is 13.8 Å². The molecule has 0 saturated heterocycles. The maximum absolute atomic E-state index is 5.30. The summed E-state index contributed by atoms with van der Waals surface area (Å²) in [5.74, 6) is 1.01. The quantitative estimate of drug-likeness (QED) is 0.707. The molecule has 12 heavy (non-hydrogen) atoms. The van der Waals surface area contributed by atoms with Crippen molar-refractivity contribution in [3.63, 3.8) is 0 Å². The smallest absolute Gasteiger partial charge is 0.124 e. The van der Waals surface area contributed by atoms with E-state index in [4.69, 9.17) is 4.74 Å². The van der Waals surface area contributed by atoms with Crippen molar-refractivity contribution in [3.8, 4) is 5.75 Å². The molecule has 0 unspecified atom stereocenters. The van der Waals surface area contributed by atoms with E-state index in [1.807, 2.05) is 0 Å². The summed E-state index contributed by atoms with van der Waals surface area (Å²) in [5, 5.41) is 0.884. The lowest BCUT2D eigenvalue weighted by Crippen LogP contribution is -1.94. The van der Waals surface area contributed by atoms with Crippen LogP contribution in [0.2, 0.25) is 0 Å². The van der Waals surface area contributed by atoms with E-state index in [0.717, 1.165) is 11.1 Å². The van der Waals surface area contributed by atoms with E-state index < -0.39 is 0 Å². The van der Waals surface area contributed by atoms with Crippen molar-refractivity contribution >= 4 is 15.9 Å². The van der Waals surface area contributed by atoms with E-state index >= 15 is 0 Å². The molecule has 1 aromatic carbocycles. The van der Waals surface area contributed by atoms with Crippen LogP contribution in [0.4, 0.5) is 0 Å². The van der Waals surface area contributed by atoms with Crippen LogP contribution in [-0.4, -0.2) is 7.11 Å². The third-order valence-electron chi connectivity index (χ3n) is 2.06. The molecule has 1 aromatic rings. The number of ether oxygens (including phenoxy) is 1. The Labute approximate surface area is 81.9 Å². The molecule has 0 aliphatic heterocycles. The van der Waals surface area contributed by atoms with Crippen molar-refractivity contribution in [3.05, 3.63) is 28.8 Å². The number of hydrogen-bond acceptors (Lipinski definition) is 1. The summed E-state index contributed by atoms with van der Waals surface area (Å²) in [6, 6.07) is 4.21. The molecule has 0 aliphatic rings. The average molecular weight is 229 g/mol. The highest BCUT2D eigenvalue weighted by Crippen LogP contribution is 2.26. The molecule has 0 spiro atoms. The maximum atomic E-state index is 5.30. The molecule has 0 N–H and O–H groups in total. The predicted molar refractivity (Wildman–Crippen MR) is 55.1 cm³/mol. The van der Waals surface area contributed by atoms with Crippen LogP contribution in [0.25, 0.3) is 0 Å². The molecule has 0 fully saturated rings. The molecule has 0 saturated carbocycles. The van der Waals surface area contributed by atoms with Crippen LogP contribution in [0.5, 0.6) is 5.75 Å². The molecule has 0 radical (unpaired) electrons. The monoisotopic (exact) mass is 228 g/mol. The van der Waals surface area contributed by atoms with Gasteiger partial charge in [0, 0.05) is 5.33 Å². The minimum absolute atomic E-state index is 0.884. The van der Waals surface area contributed by atoms with Crippen LogP contribution >= 0.6 is 15.9 Å². The Morgan fingerprint density at radius 3 is 2.50 bits per heavy atom. The van der Waals surface area contributed by atoms with Crippen molar-refractivity contribution < 1.29 is 4.74 Å². The number of hydrogen-bond donors (Lipinski definition) is 0. The summed E-state index contributed by atoms with van der Waals surface area (Å²) in [6.07, 6.45) is 0. The van der Waals surface area contributed by atoms with E-state index in [9.17, 15) is 0 Å². The van der Waals surface area contributed by atoms with Crippen molar-refractivity contribution in [2.24, 2.45) is 0 Å². The molecular formula is C10H13BrO. The standard InChI is InChI=1S/C10H13BrO/c1-7-4-5-9(6-11)8(2)10(7)12-3/h4-5H,6H2,1-3H3. The van der Waals surface area contributed by atoms with E-state index in [2.05, 4.69) is 41.9 Å². The number of halogens is 1. The fourth-order valence-electron chi connectivity index (χ4n) is 1.33. The molecule has 0 heterocycles. The lowest BCUT2D eigenvalue weighted by Gasteiger charge is -2.11. The van der Waals surface area contributed by atoms with Gasteiger partial charge in [0.25, 0.3) is 0 Å². The van der Waals surface area contributed by atoms with E-state index in [1.165, 1.54) is 16.7 Å². The molecule has 0 amide bonds. The summed E-state index contributed by atoms with van der Waals surface area (Å²) in [4.78, 5) is 0. The van der Waals surface area contributed by atoms with Gasteiger partial charge in [0.15, 0.2) is 0 Å². The average Bonchev–Trinajstić information content (AvgIpc) is 2.06. The summed E-state index contributed by atoms with van der Waals surface area (Å²) in [7, 11) is 1.72. The Morgan fingerprint density at radius 1 is 1.33 bits per heavy atom. The van der Waals surface area contributed by atoms with E-state index in [0.29, 0.717) is 0 Å². The fourth-order valence-corrected chi connectivity index (χ4v) is 1.93. The second kappa shape index (κ2) is 3.94. The first-order chi connectivity index (χ1) is 5.70. The normalized spacial score (nSPS) is 10.0. The minimum Gasteiger partial charge on any atom is -0.496 e. The molecule has 0 aromatic heterocycles. The molecule has 1 nitrogen and oxygen atoms in total. The van der Waals surface area contributed by atoms with Gasteiger partial charge in [-0.1, -0.05) is 28.1 Å². The summed E-state index contributed by atoms with van der Waals surface area (Å²) < 4.78 is 5.30. The molecule has 2 heteroatoms. The highest BCUT2D eigenvalue weighted by molar-refractivity contribution is 9.08.